The van der Waals surface area contributed by atoms with Gasteiger partial charge in [-0.2, -0.15) is 0 Å². The minimum atomic E-state index is 0.0156. The van der Waals surface area contributed by atoms with E-state index >= 15 is 0 Å². The number of nitrogens with two attached hydrogens (primary N) is 1. The van der Waals surface area contributed by atoms with E-state index in [1.54, 1.807) is 12.4 Å². The van der Waals surface area contributed by atoms with Gasteiger partial charge in [0.05, 0.1) is 5.75 Å². The molecule has 8 heteroatoms. The normalized spacial score (nSPS) is 23.4. The second-order valence-electron chi connectivity index (χ2n) is 6.65. The quantitative estimate of drug-likeness (QED) is 0.626. The second kappa shape index (κ2) is 7.86. The third-order valence-corrected chi connectivity index (χ3v) is 5.91. The molecule has 1 fully saturated rings. The van der Waals surface area contributed by atoms with Gasteiger partial charge < -0.3 is 11.2 Å². The van der Waals surface area contributed by atoms with Crippen LogP contribution in [-0.2, 0) is 4.79 Å². The molecule has 2 aromatic heterocycles. The summed E-state index contributed by atoms with van der Waals surface area (Å²) < 4.78 is 1.40. The largest absolute Gasteiger partial charge is 0.352 e. The highest BCUT2D eigenvalue weighted by Crippen LogP contribution is 2.29. The van der Waals surface area contributed by atoms with Crippen LogP contribution in [0.4, 0.5) is 0 Å². The molecule has 7 nitrogen and oxygen atoms in total. The Kier molecular flexibility index (Phi) is 5.57. The molecule has 134 valence electrons. The molecule has 25 heavy (non-hydrogen) atoms. The Hall–Kier alpha value is -2.09. The number of nitrogens with one attached hydrogen (secondary N) is 1. The van der Waals surface area contributed by atoms with Crippen LogP contribution in [-0.4, -0.2) is 37.6 Å². The number of hydrogen-bond acceptors (Lipinski definition) is 6. The number of amides is 1. The summed E-state index contributed by atoms with van der Waals surface area (Å²) in [4.78, 5) is 16.3. The molecule has 0 radical (unpaired) electrons. The Morgan fingerprint density at radius 2 is 2.24 bits per heavy atom. The zero-order valence-electron chi connectivity index (χ0n) is 14.6. The van der Waals surface area contributed by atoms with E-state index < -0.39 is 0 Å². The first-order valence-corrected chi connectivity index (χ1v) is 9.58. The van der Waals surface area contributed by atoms with Gasteiger partial charge in [-0.15, -0.1) is 10.2 Å². The highest BCUT2D eigenvalue weighted by molar-refractivity contribution is 7.99. The Morgan fingerprint density at radius 1 is 1.40 bits per heavy atom. The molecule has 3 rings (SSSR count). The molecule has 1 amide bonds. The molecule has 2 heterocycles. The summed E-state index contributed by atoms with van der Waals surface area (Å²) in [5.74, 6) is 8.05. The summed E-state index contributed by atoms with van der Waals surface area (Å²) in [5, 5.41) is 11.9. The molecule has 0 spiro atoms. The maximum Gasteiger partial charge on any atom is 0.230 e. The van der Waals surface area contributed by atoms with Gasteiger partial charge in [0.15, 0.2) is 5.82 Å². The van der Waals surface area contributed by atoms with Crippen LogP contribution in [0.2, 0.25) is 0 Å². The Balaban J connectivity index is 1.57. The van der Waals surface area contributed by atoms with E-state index in [1.165, 1.54) is 29.3 Å². The first-order valence-electron chi connectivity index (χ1n) is 8.59. The van der Waals surface area contributed by atoms with Crippen molar-refractivity contribution in [2.24, 2.45) is 11.8 Å². The van der Waals surface area contributed by atoms with Crippen LogP contribution >= 0.6 is 11.8 Å². The van der Waals surface area contributed by atoms with Gasteiger partial charge in [-0.3, -0.25) is 9.78 Å². The van der Waals surface area contributed by atoms with Gasteiger partial charge >= 0.3 is 0 Å². The maximum atomic E-state index is 12.3. The molecule has 0 aliphatic heterocycles. The van der Waals surface area contributed by atoms with Gasteiger partial charge in [0.2, 0.25) is 11.1 Å². The lowest BCUT2D eigenvalue weighted by molar-refractivity contribution is -0.120. The molecule has 3 atom stereocenters. The lowest BCUT2D eigenvalue weighted by Gasteiger charge is -2.34. The van der Waals surface area contributed by atoms with Crippen molar-refractivity contribution in [1.29, 1.82) is 0 Å². The highest BCUT2D eigenvalue weighted by Gasteiger charge is 2.28. The van der Waals surface area contributed by atoms with E-state index in [2.05, 4.69) is 34.3 Å². The Bertz CT molecular complexity index is 719. The van der Waals surface area contributed by atoms with Gasteiger partial charge in [-0.1, -0.05) is 38.5 Å². The summed E-state index contributed by atoms with van der Waals surface area (Å²) in [6, 6.07) is 3.95. The minimum Gasteiger partial charge on any atom is -0.352 e. The fourth-order valence-corrected chi connectivity index (χ4v) is 3.90. The third-order valence-electron chi connectivity index (χ3n) is 4.97. The predicted molar refractivity (Wildman–Crippen MR) is 98.2 cm³/mol. The molecule has 0 bridgehead atoms. The number of carbonyl (C=O) groups is 1. The first-order chi connectivity index (χ1) is 12.1. The lowest BCUT2D eigenvalue weighted by Crippen LogP contribution is -2.44. The SMILES string of the molecule is C[C@H]1[C@H](C)CCC[C@@H]1NC(=O)CSc1nnc(-c2cccnc2)n1N. The van der Waals surface area contributed by atoms with E-state index in [0.717, 1.165) is 12.0 Å². The Morgan fingerprint density at radius 3 is 3.00 bits per heavy atom. The van der Waals surface area contributed by atoms with Gasteiger partial charge in [0.25, 0.3) is 0 Å². The average Bonchev–Trinajstić information content (AvgIpc) is 2.99. The van der Waals surface area contributed by atoms with Crippen molar-refractivity contribution in [1.82, 2.24) is 25.2 Å². The second-order valence-corrected chi connectivity index (χ2v) is 7.59. The maximum absolute atomic E-state index is 12.3. The number of carbonyl (C=O) groups excluding carboxylic acids is 1. The molecule has 0 aromatic carbocycles. The molecule has 1 aliphatic carbocycles. The van der Waals surface area contributed by atoms with Crippen LogP contribution in [0.5, 0.6) is 0 Å². The summed E-state index contributed by atoms with van der Waals surface area (Å²) in [6.07, 6.45) is 6.85. The van der Waals surface area contributed by atoms with Crippen molar-refractivity contribution in [2.75, 3.05) is 11.6 Å². The van der Waals surface area contributed by atoms with Crippen LogP contribution < -0.4 is 11.2 Å². The highest BCUT2D eigenvalue weighted by atomic mass is 32.2. The van der Waals surface area contributed by atoms with E-state index in [1.807, 2.05) is 12.1 Å². The van der Waals surface area contributed by atoms with E-state index in [-0.39, 0.29) is 17.7 Å². The van der Waals surface area contributed by atoms with Gasteiger partial charge in [0.1, 0.15) is 0 Å². The van der Waals surface area contributed by atoms with Crippen LogP contribution in [0.25, 0.3) is 11.4 Å². The van der Waals surface area contributed by atoms with Crippen LogP contribution in [0, 0.1) is 11.8 Å². The minimum absolute atomic E-state index is 0.0156. The zero-order valence-corrected chi connectivity index (χ0v) is 15.4. The molecule has 3 N–H and O–H groups in total. The van der Waals surface area contributed by atoms with Crippen molar-refractivity contribution in [3.8, 4) is 11.4 Å². The number of pyridine rings is 1. The van der Waals surface area contributed by atoms with Gasteiger partial charge in [-0.25, -0.2) is 4.68 Å². The van der Waals surface area contributed by atoms with Crippen molar-refractivity contribution >= 4 is 17.7 Å². The van der Waals surface area contributed by atoms with E-state index in [0.29, 0.717) is 22.8 Å². The van der Waals surface area contributed by atoms with Gasteiger partial charge in [0, 0.05) is 24.0 Å². The van der Waals surface area contributed by atoms with E-state index in [9.17, 15) is 4.79 Å². The summed E-state index contributed by atoms with van der Waals surface area (Å²) in [6.45, 7) is 4.48. The van der Waals surface area contributed by atoms with Crippen LogP contribution in [0.3, 0.4) is 0 Å². The fourth-order valence-electron chi connectivity index (χ4n) is 3.23. The topological polar surface area (TPSA) is 98.7 Å². The molecule has 1 aliphatic rings. The number of aromatic nitrogens is 4. The molecule has 2 aromatic rings. The van der Waals surface area contributed by atoms with Crippen LogP contribution in [0.15, 0.2) is 29.7 Å². The summed E-state index contributed by atoms with van der Waals surface area (Å²) in [7, 11) is 0. The van der Waals surface area contributed by atoms with E-state index in [4.69, 9.17) is 5.84 Å². The Labute approximate surface area is 151 Å². The van der Waals surface area contributed by atoms with Crippen molar-refractivity contribution < 1.29 is 4.79 Å². The lowest BCUT2D eigenvalue weighted by atomic mass is 9.78. The number of hydrogen-bond donors (Lipinski definition) is 2. The number of nitrogens with zero attached hydrogens (tertiary/aromatic N) is 4. The molecular weight excluding hydrogens is 336 g/mol. The molecule has 0 saturated heterocycles. The van der Waals surface area contributed by atoms with Crippen molar-refractivity contribution in [2.45, 2.75) is 44.3 Å². The van der Waals surface area contributed by atoms with Crippen molar-refractivity contribution in [3.05, 3.63) is 24.5 Å². The summed E-state index contributed by atoms with van der Waals surface area (Å²) in [5.41, 5.74) is 0.791. The number of nitrogen functional groups attached to an aromatic ring is 1. The van der Waals surface area contributed by atoms with Crippen LogP contribution in [0.1, 0.15) is 33.1 Å². The monoisotopic (exact) mass is 360 g/mol. The smallest absolute Gasteiger partial charge is 0.230 e. The zero-order chi connectivity index (χ0) is 17.8. The molecule has 0 unspecified atom stereocenters. The predicted octanol–water partition coefficient (Wildman–Crippen LogP) is 2.09. The number of rotatable bonds is 5. The number of thioether (sulfide) groups is 1. The average molecular weight is 360 g/mol. The van der Waals surface area contributed by atoms with Crippen molar-refractivity contribution in [3.63, 3.8) is 0 Å². The summed E-state index contributed by atoms with van der Waals surface area (Å²) >= 11 is 1.29. The fraction of sp³-hybridized carbons (Fsp3) is 0.529. The third kappa shape index (κ3) is 4.12. The van der Waals surface area contributed by atoms with Gasteiger partial charge in [-0.05, 0) is 30.4 Å². The first kappa shape index (κ1) is 17.7. The molecular formula is C17H24N6OS. The standard InChI is InChI=1S/C17H24N6OS/c1-11-5-3-7-14(12(11)2)20-15(24)10-25-17-22-21-16(23(17)18)13-6-4-8-19-9-13/h4,6,8-9,11-12,14H,3,5,7,10,18H2,1-2H3,(H,20,24)/t11-,12+,14+/m1/s1. The molecule has 1 saturated carbocycles.